The minimum Gasteiger partial charge on any atom is -0.496 e. The highest BCUT2D eigenvalue weighted by atomic mass is 16.5. The molecular formula is C24H22N2O3. The molecule has 0 heterocycles. The monoisotopic (exact) mass is 386 g/mol. The van der Waals surface area contributed by atoms with Crippen molar-refractivity contribution < 1.29 is 14.3 Å². The van der Waals surface area contributed by atoms with Crippen LogP contribution in [0.25, 0.3) is 16.8 Å². The van der Waals surface area contributed by atoms with Crippen molar-refractivity contribution in [2.75, 3.05) is 12.4 Å². The van der Waals surface area contributed by atoms with Crippen LogP contribution in [0.15, 0.2) is 66.2 Å². The van der Waals surface area contributed by atoms with Crippen LogP contribution in [-0.2, 0) is 4.79 Å². The summed E-state index contributed by atoms with van der Waals surface area (Å²) in [6.07, 6.45) is 1.62. The van der Waals surface area contributed by atoms with Gasteiger partial charge in [0.05, 0.1) is 13.2 Å². The van der Waals surface area contributed by atoms with Crippen LogP contribution >= 0.6 is 0 Å². The van der Waals surface area contributed by atoms with Crippen LogP contribution in [0.5, 0.6) is 11.5 Å². The maximum atomic E-state index is 12.7. The molecular weight excluding hydrogens is 364 g/mol. The Morgan fingerprint density at radius 1 is 1.07 bits per heavy atom. The van der Waals surface area contributed by atoms with Crippen molar-refractivity contribution >= 4 is 28.4 Å². The van der Waals surface area contributed by atoms with Crippen LogP contribution in [0.2, 0.25) is 0 Å². The van der Waals surface area contributed by atoms with E-state index in [4.69, 9.17) is 9.47 Å². The van der Waals surface area contributed by atoms with E-state index >= 15 is 0 Å². The van der Waals surface area contributed by atoms with E-state index in [1.807, 2.05) is 62.4 Å². The normalized spacial score (nSPS) is 11.2. The van der Waals surface area contributed by atoms with Gasteiger partial charge in [0.2, 0.25) is 0 Å². The smallest absolute Gasteiger partial charge is 0.266 e. The maximum absolute atomic E-state index is 12.7. The Labute approximate surface area is 170 Å². The molecule has 0 aromatic heterocycles. The number of anilines is 1. The lowest BCUT2D eigenvalue weighted by Crippen LogP contribution is -2.13. The number of carbonyl (C=O) groups excluding carboxylic acids is 1. The highest BCUT2D eigenvalue weighted by Crippen LogP contribution is 2.29. The Kier molecular flexibility index (Phi) is 6.16. The fourth-order valence-electron chi connectivity index (χ4n) is 3.02. The molecule has 0 aliphatic rings. The molecule has 0 radical (unpaired) electrons. The van der Waals surface area contributed by atoms with E-state index < -0.39 is 5.91 Å². The average Bonchev–Trinajstić information content (AvgIpc) is 2.71. The van der Waals surface area contributed by atoms with Crippen LogP contribution in [-0.4, -0.2) is 19.1 Å². The van der Waals surface area contributed by atoms with E-state index in [1.165, 1.54) is 0 Å². The Morgan fingerprint density at radius 2 is 1.83 bits per heavy atom. The van der Waals surface area contributed by atoms with Crippen LogP contribution in [0.1, 0.15) is 19.4 Å². The zero-order valence-electron chi connectivity index (χ0n) is 16.6. The summed E-state index contributed by atoms with van der Waals surface area (Å²) in [5, 5.41) is 14.1. The second-order valence-corrected chi connectivity index (χ2v) is 6.72. The number of nitrogens with zero attached hydrogens (tertiary/aromatic N) is 1. The molecule has 5 heteroatoms. The fraction of sp³-hybridized carbons (Fsp3) is 0.167. The summed E-state index contributed by atoms with van der Waals surface area (Å²) in [6.45, 7) is 3.86. The van der Waals surface area contributed by atoms with Gasteiger partial charge >= 0.3 is 0 Å². The molecule has 3 aromatic rings. The minimum absolute atomic E-state index is 0.00972. The molecule has 0 atom stereocenters. The molecule has 0 saturated carbocycles. The number of methoxy groups -OCH3 is 1. The lowest BCUT2D eigenvalue weighted by molar-refractivity contribution is -0.112. The average molecular weight is 386 g/mol. The van der Waals surface area contributed by atoms with Crippen LogP contribution in [0.4, 0.5) is 5.69 Å². The number of hydrogen-bond acceptors (Lipinski definition) is 4. The Morgan fingerprint density at radius 3 is 2.52 bits per heavy atom. The number of amides is 1. The summed E-state index contributed by atoms with van der Waals surface area (Å²) in [4.78, 5) is 12.7. The van der Waals surface area contributed by atoms with Gasteiger partial charge in [-0.25, -0.2) is 0 Å². The standard InChI is InChI=1S/C24H22N2O3/c1-16(2)29-20-8-6-7-19(14-20)26-24(27)18(15-25)13-17-11-12-23(28-3)22-10-5-4-9-21(17)22/h4-14,16H,1-3H3,(H,26,27)/b18-13-. The zero-order valence-corrected chi connectivity index (χ0v) is 16.6. The van der Waals surface area contributed by atoms with Gasteiger partial charge in [-0.15, -0.1) is 0 Å². The first-order valence-corrected chi connectivity index (χ1v) is 9.27. The van der Waals surface area contributed by atoms with Crippen LogP contribution in [0.3, 0.4) is 0 Å². The van der Waals surface area contributed by atoms with Gasteiger partial charge in [0.15, 0.2) is 0 Å². The molecule has 0 bridgehead atoms. The Hall–Kier alpha value is -3.78. The van der Waals surface area contributed by atoms with Crippen molar-refractivity contribution in [3.8, 4) is 17.6 Å². The van der Waals surface area contributed by atoms with E-state index in [2.05, 4.69) is 5.32 Å². The van der Waals surface area contributed by atoms with Crippen molar-refractivity contribution in [1.29, 1.82) is 5.26 Å². The third kappa shape index (κ3) is 4.74. The van der Waals surface area contributed by atoms with Gasteiger partial charge in [-0.3, -0.25) is 4.79 Å². The summed E-state index contributed by atoms with van der Waals surface area (Å²) >= 11 is 0. The summed E-state index contributed by atoms with van der Waals surface area (Å²) in [5.74, 6) is 0.915. The number of ether oxygens (including phenoxy) is 2. The van der Waals surface area contributed by atoms with Gasteiger partial charge in [-0.2, -0.15) is 5.26 Å². The first-order valence-electron chi connectivity index (χ1n) is 9.27. The quantitative estimate of drug-likeness (QED) is 0.468. The van der Waals surface area contributed by atoms with Gasteiger partial charge < -0.3 is 14.8 Å². The third-order valence-corrected chi connectivity index (χ3v) is 4.27. The molecule has 1 N–H and O–H groups in total. The van der Waals surface area contributed by atoms with E-state index in [0.717, 1.165) is 22.1 Å². The number of carbonyl (C=O) groups is 1. The molecule has 3 aromatic carbocycles. The molecule has 0 saturated heterocycles. The van der Waals surface area contributed by atoms with Gasteiger partial charge in [-0.1, -0.05) is 36.4 Å². The highest BCUT2D eigenvalue weighted by molar-refractivity contribution is 6.11. The van der Waals surface area contributed by atoms with Crippen molar-refractivity contribution in [2.45, 2.75) is 20.0 Å². The summed E-state index contributed by atoms with van der Waals surface area (Å²) in [6, 6.07) is 20.5. The third-order valence-electron chi connectivity index (χ3n) is 4.27. The number of benzene rings is 3. The predicted molar refractivity (Wildman–Crippen MR) is 115 cm³/mol. The lowest BCUT2D eigenvalue weighted by atomic mass is 10.0. The Bertz CT molecular complexity index is 1110. The lowest BCUT2D eigenvalue weighted by Gasteiger charge is -2.11. The van der Waals surface area contributed by atoms with Gasteiger partial charge in [0.25, 0.3) is 5.91 Å². The van der Waals surface area contributed by atoms with E-state index in [1.54, 1.807) is 31.4 Å². The van der Waals surface area contributed by atoms with Gasteiger partial charge in [-0.05, 0) is 49.1 Å². The number of hydrogen-bond donors (Lipinski definition) is 1. The zero-order chi connectivity index (χ0) is 20.8. The fourth-order valence-corrected chi connectivity index (χ4v) is 3.02. The predicted octanol–water partition coefficient (Wildman–Crippen LogP) is 5.18. The summed E-state index contributed by atoms with van der Waals surface area (Å²) in [7, 11) is 1.61. The minimum atomic E-state index is -0.478. The maximum Gasteiger partial charge on any atom is 0.266 e. The van der Waals surface area contributed by atoms with E-state index in [9.17, 15) is 10.1 Å². The second-order valence-electron chi connectivity index (χ2n) is 6.72. The molecule has 1 amide bonds. The van der Waals surface area contributed by atoms with E-state index in [0.29, 0.717) is 11.4 Å². The van der Waals surface area contributed by atoms with Gasteiger partial charge in [0.1, 0.15) is 23.1 Å². The summed E-state index contributed by atoms with van der Waals surface area (Å²) in [5.41, 5.74) is 1.34. The topological polar surface area (TPSA) is 71.3 Å². The molecule has 0 unspecified atom stereocenters. The Balaban J connectivity index is 1.90. The van der Waals surface area contributed by atoms with Crippen molar-refractivity contribution in [1.82, 2.24) is 0 Å². The molecule has 0 spiro atoms. The number of rotatable bonds is 6. The number of fused-ring (bicyclic) bond motifs is 1. The van der Waals surface area contributed by atoms with Crippen molar-refractivity contribution in [3.05, 3.63) is 71.8 Å². The van der Waals surface area contributed by atoms with Crippen molar-refractivity contribution in [2.24, 2.45) is 0 Å². The first-order chi connectivity index (χ1) is 14.0. The largest absolute Gasteiger partial charge is 0.496 e. The molecule has 29 heavy (non-hydrogen) atoms. The SMILES string of the molecule is COc1ccc(/C=C(/C#N)C(=O)Nc2cccc(OC(C)C)c2)c2ccccc12. The summed E-state index contributed by atoms with van der Waals surface area (Å²) < 4.78 is 11.0. The second kappa shape index (κ2) is 8.94. The molecule has 0 aliphatic carbocycles. The molecule has 0 aliphatic heterocycles. The van der Waals surface area contributed by atoms with Gasteiger partial charge in [0, 0.05) is 17.1 Å². The molecule has 146 valence electrons. The molecule has 0 fully saturated rings. The number of nitriles is 1. The van der Waals surface area contributed by atoms with E-state index in [-0.39, 0.29) is 11.7 Å². The van der Waals surface area contributed by atoms with Crippen molar-refractivity contribution in [3.63, 3.8) is 0 Å². The van der Waals surface area contributed by atoms with Crippen LogP contribution < -0.4 is 14.8 Å². The first kappa shape index (κ1) is 20.0. The molecule has 3 rings (SSSR count). The highest BCUT2D eigenvalue weighted by Gasteiger charge is 2.12. The number of nitrogens with one attached hydrogen (secondary N) is 1. The molecule has 5 nitrogen and oxygen atoms in total. The van der Waals surface area contributed by atoms with Crippen LogP contribution in [0, 0.1) is 11.3 Å².